The molecule has 0 saturated carbocycles. The summed E-state index contributed by atoms with van der Waals surface area (Å²) in [5.41, 5.74) is 1.20. The Balaban J connectivity index is 1.95. The van der Waals surface area contributed by atoms with Crippen LogP contribution in [0, 0.1) is 11.8 Å². The lowest BCUT2D eigenvalue weighted by atomic mass is 10.1. The SMILES string of the molecule is CC(C)(C)[Si](C)(C)O[C@H]1C[C@@H]([C@@H](C=O)O[Si](C)(C)C(C)(C)C)O[C@H]1CC#CCCCCOCc1ccccc1. The summed E-state index contributed by atoms with van der Waals surface area (Å²) >= 11 is 0. The smallest absolute Gasteiger partial charge is 0.193 e. The Labute approximate surface area is 241 Å². The molecule has 0 spiro atoms. The van der Waals surface area contributed by atoms with Gasteiger partial charge in [-0.05, 0) is 54.7 Å². The predicted molar refractivity (Wildman–Crippen MR) is 166 cm³/mol. The standard InChI is InChI=1S/C32H54O5Si2/c1-31(2,3)38(7,8)36-29-23-28(30(24-33)37-39(9,10)32(4,5)6)35-27(29)21-17-12-11-13-18-22-34-25-26-19-15-14-16-20-26/h14-16,19-20,24,27-30H,11,13,18,21-23,25H2,1-10H3/t27-,28-,29-,30+/m0/s1. The van der Waals surface area contributed by atoms with Gasteiger partial charge in [0, 0.05) is 25.9 Å². The molecule has 220 valence electrons. The summed E-state index contributed by atoms with van der Waals surface area (Å²) in [5, 5.41) is 0.104. The third-order valence-electron chi connectivity index (χ3n) is 8.60. The number of unbranched alkanes of at least 4 members (excludes halogenated alkanes) is 2. The van der Waals surface area contributed by atoms with E-state index in [9.17, 15) is 4.79 Å². The number of ether oxygens (including phenoxy) is 2. The summed E-state index contributed by atoms with van der Waals surface area (Å²) < 4.78 is 25.6. The molecule has 7 heteroatoms. The normalized spacial score (nSPS) is 21.3. The van der Waals surface area contributed by atoms with Crippen molar-refractivity contribution in [3.63, 3.8) is 0 Å². The van der Waals surface area contributed by atoms with E-state index in [1.807, 2.05) is 18.2 Å². The van der Waals surface area contributed by atoms with Crippen LogP contribution in [0.1, 0.15) is 79.2 Å². The highest BCUT2D eigenvalue weighted by molar-refractivity contribution is 6.74. The molecule has 5 nitrogen and oxygen atoms in total. The van der Waals surface area contributed by atoms with Gasteiger partial charge in [0.2, 0.25) is 0 Å². The minimum Gasteiger partial charge on any atom is -0.411 e. The number of rotatable bonds is 13. The highest BCUT2D eigenvalue weighted by atomic mass is 28.4. The molecule has 0 N–H and O–H groups in total. The van der Waals surface area contributed by atoms with Crippen molar-refractivity contribution in [1.82, 2.24) is 0 Å². The lowest BCUT2D eigenvalue weighted by molar-refractivity contribution is -0.121. The zero-order chi connectivity index (χ0) is 29.3. The lowest BCUT2D eigenvalue weighted by Crippen LogP contribution is -2.48. The number of benzene rings is 1. The van der Waals surface area contributed by atoms with Crippen LogP contribution in [-0.4, -0.2) is 53.9 Å². The lowest BCUT2D eigenvalue weighted by Gasteiger charge is -2.39. The van der Waals surface area contributed by atoms with Gasteiger partial charge in [0.15, 0.2) is 16.6 Å². The van der Waals surface area contributed by atoms with Crippen LogP contribution in [0.15, 0.2) is 30.3 Å². The van der Waals surface area contributed by atoms with Crippen molar-refractivity contribution in [2.45, 2.75) is 141 Å². The molecular formula is C32H54O5Si2. The van der Waals surface area contributed by atoms with Crippen molar-refractivity contribution in [1.29, 1.82) is 0 Å². The van der Waals surface area contributed by atoms with Gasteiger partial charge in [-0.25, -0.2) is 0 Å². The van der Waals surface area contributed by atoms with Gasteiger partial charge >= 0.3 is 0 Å². The van der Waals surface area contributed by atoms with E-state index in [-0.39, 0.29) is 28.4 Å². The fourth-order valence-electron chi connectivity index (χ4n) is 3.97. The molecule has 2 rings (SSSR count). The number of hydrogen-bond acceptors (Lipinski definition) is 5. The molecular weight excluding hydrogens is 521 g/mol. The molecule has 1 aliphatic rings. The molecule has 1 aromatic carbocycles. The third-order valence-corrected chi connectivity index (χ3v) is 17.6. The van der Waals surface area contributed by atoms with E-state index >= 15 is 0 Å². The number of carbonyl (C=O) groups is 1. The zero-order valence-electron chi connectivity index (χ0n) is 26.3. The molecule has 1 aliphatic heterocycles. The molecule has 0 amide bonds. The molecule has 0 bridgehead atoms. The average Bonchev–Trinajstić information content (AvgIpc) is 3.22. The summed E-state index contributed by atoms with van der Waals surface area (Å²) in [7, 11) is -4.15. The second-order valence-corrected chi connectivity index (χ2v) is 23.4. The van der Waals surface area contributed by atoms with Crippen LogP contribution in [0.3, 0.4) is 0 Å². The van der Waals surface area contributed by atoms with Gasteiger partial charge in [0.1, 0.15) is 12.4 Å². The zero-order valence-corrected chi connectivity index (χ0v) is 28.3. The van der Waals surface area contributed by atoms with Crippen molar-refractivity contribution in [3.8, 4) is 11.8 Å². The molecule has 1 heterocycles. The predicted octanol–water partition coefficient (Wildman–Crippen LogP) is 7.90. The van der Waals surface area contributed by atoms with Gasteiger partial charge in [-0.1, -0.05) is 71.9 Å². The van der Waals surface area contributed by atoms with Crippen LogP contribution in [0.5, 0.6) is 0 Å². The van der Waals surface area contributed by atoms with E-state index in [2.05, 4.69) is 91.7 Å². The van der Waals surface area contributed by atoms with E-state index in [4.69, 9.17) is 18.3 Å². The van der Waals surface area contributed by atoms with Gasteiger partial charge < -0.3 is 23.1 Å². The van der Waals surface area contributed by atoms with Gasteiger partial charge in [0.25, 0.3) is 0 Å². The summed E-state index contributed by atoms with van der Waals surface area (Å²) in [6, 6.07) is 10.3. The fraction of sp³-hybridized carbons (Fsp3) is 0.719. The van der Waals surface area contributed by atoms with Crippen LogP contribution in [0.25, 0.3) is 0 Å². The third kappa shape index (κ3) is 10.6. The number of aldehydes is 1. The van der Waals surface area contributed by atoms with Crippen molar-refractivity contribution in [2.75, 3.05) is 6.61 Å². The Bertz CT molecular complexity index is 937. The maximum absolute atomic E-state index is 12.2. The molecule has 0 unspecified atom stereocenters. The van der Waals surface area contributed by atoms with Crippen molar-refractivity contribution in [2.24, 2.45) is 0 Å². The van der Waals surface area contributed by atoms with Crippen LogP contribution in [0.2, 0.25) is 36.3 Å². The van der Waals surface area contributed by atoms with Gasteiger partial charge in [-0.3, -0.25) is 0 Å². The van der Waals surface area contributed by atoms with Crippen LogP contribution >= 0.6 is 0 Å². The Morgan fingerprint density at radius 1 is 0.974 bits per heavy atom. The highest BCUT2D eigenvalue weighted by Crippen LogP contribution is 2.42. The Morgan fingerprint density at radius 2 is 1.62 bits per heavy atom. The first-order chi connectivity index (χ1) is 18.1. The van der Waals surface area contributed by atoms with Crippen LogP contribution < -0.4 is 0 Å². The molecule has 0 aliphatic carbocycles. The second kappa shape index (κ2) is 14.6. The maximum Gasteiger partial charge on any atom is 0.193 e. The van der Waals surface area contributed by atoms with Crippen molar-refractivity contribution >= 4 is 22.9 Å². The molecule has 39 heavy (non-hydrogen) atoms. The molecule has 1 fully saturated rings. The van der Waals surface area contributed by atoms with Crippen LogP contribution in [0.4, 0.5) is 0 Å². The monoisotopic (exact) mass is 574 g/mol. The van der Waals surface area contributed by atoms with Gasteiger partial charge in [-0.15, -0.1) is 11.8 Å². The molecule has 1 aromatic rings. The first kappa shape index (κ1) is 33.9. The summed E-state index contributed by atoms with van der Waals surface area (Å²) in [4.78, 5) is 12.2. The van der Waals surface area contributed by atoms with Gasteiger partial charge in [0.05, 0.1) is 24.9 Å². The van der Waals surface area contributed by atoms with E-state index in [0.29, 0.717) is 19.4 Å². The van der Waals surface area contributed by atoms with E-state index in [1.165, 1.54) is 5.56 Å². The molecule has 4 atom stereocenters. The maximum atomic E-state index is 12.2. The van der Waals surface area contributed by atoms with E-state index in [0.717, 1.165) is 32.2 Å². The molecule has 0 radical (unpaired) electrons. The van der Waals surface area contributed by atoms with E-state index < -0.39 is 22.7 Å². The fourth-order valence-corrected chi connectivity index (χ4v) is 6.57. The summed E-state index contributed by atoms with van der Waals surface area (Å²) in [6.45, 7) is 23.6. The number of hydrogen-bond donors (Lipinski definition) is 0. The average molecular weight is 575 g/mol. The molecule has 1 saturated heterocycles. The molecule has 0 aromatic heterocycles. The first-order valence-corrected chi connectivity index (χ1v) is 20.4. The summed E-state index contributed by atoms with van der Waals surface area (Å²) in [5.74, 6) is 6.67. The summed E-state index contributed by atoms with van der Waals surface area (Å²) in [6.07, 6.45) is 3.91. The Morgan fingerprint density at radius 3 is 2.21 bits per heavy atom. The Kier molecular flexibility index (Phi) is 12.7. The quantitative estimate of drug-likeness (QED) is 0.104. The van der Waals surface area contributed by atoms with E-state index in [1.54, 1.807) is 0 Å². The number of carbonyl (C=O) groups excluding carboxylic acids is 1. The van der Waals surface area contributed by atoms with Crippen LogP contribution in [-0.2, 0) is 29.7 Å². The first-order valence-electron chi connectivity index (χ1n) is 14.6. The van der Waals surface area contributed by atoms with Gasteiger partial charge in [-0.2, -0.15) is 0 Å². The minimum atomic E-state index is -2.13. The minimum absolute atomic E-state index is 0.0152. The Hall–Kier alpha value is -1.28. The largest absolute Gasteiger partial charge is 0.411 e. The van der Waals surface area contributed by atoms with Crippen molar-refractivity contribution < 1.29 is 23.1 Å². The van der Waals surface area contributed by atoms with Crippen molar-refractivity contribution in [3.05, 3.63) is 35.9 Å². The highest BCUT2D eigenvalue weighted by Gasteiger charge is 2.48. The second-order valence-electron chi connectivity index (χ2n) is 13.9. The topological polar surface area (TPSA) is 54.0 Å².